The van der Waals surface area contributed by atoms with Gasteiger partial charge in [0.25, 0.3) is 0 Å². The molecule has 2 aromatic carbocycles. The topological polar surface area (TPSA) is 38.7 Å². The quantitative estimate of drug-likeness (QED) is 0.872. The van der Waals surface area contributed by atoms with Crippen LogP contribution in [0.2, 0.25) is 5.02 Å². The Labute approximate surface area is 131 Å². The Kier molecular flexibility index (Phi) is 5.29. The highest BCUT2D eigenvalue weighted by molar-refractivity contribution is 9.10. The molecular weight excluding hydrogens is 344 g/mol. The van der Waals surface area contributed by atoms with Gasteiger partial charge in [-0.3, -0.25) is 0 Å². The highest BCUT2D eigenvalue weighted by Gasteiger charge is 2.10. The van der Waals surface area contributed by atoms with E-state index >= 15 is 0 Å². The first kappa shape index (κ1) is 15.2. The van der Waals surface area contributed by atoms with Crippen LogP contribution in [0.4, 0.5) is 0 Å². The van der Waals surface area contributed by atoms with Crippen molar-refractivity contribution in [2.45, 2.75) is 13.2 Å². The summed E-state index contributed by atoms with van der Waals surface area (Å²) in [6.07, 6.45) is 0. The fourth-order valence-electron chi connectivity index (χ4n) is 1.74. The Morgan fingerprint density at radius 1 is 1.15 bits per heavy atom. The molecule has 0 radical (unpaired) electrons. The van der Waals surface area contributed by atoms with Crippen LogP contribution in [0.5, 0.6) is 11.5 Å². The average Bonchev–Trinajstić information content (AvgIpc) is 2.46. The van der Waals surface area contributed by atoms with Crippen molar-refractivity contribution in [2.75, 3.05) is 7.11 Å². The molecule has 2 aromatic rings. The van der Waals surface area contributed by atoms with Crippen molar-refractivity contribution in [3.8, 4) is 11.5 Å². The summed E-state index contributed by atoms with van der Waals surface area (Å²) >= 11 is 9.48. The highest BCUT2D eigenvalue weighted by atomic mass is 79.9. The first-order valence-corrected chi connectivity index (χ1v) is 7.16. The Morgan fingerprint density at radius 2 is 1.90 bits per heavy atom. The molecule has 0 saturated carbocycles. The molecule has 0 unspecified atom stereocenters. The van der Waals surface area contributed by atoms with Crippen LogP contribution in [-0.4, -0.2) is 12.2 Å². The van der Waals surface area contributed by atoms with Crippen LogP contribution in [-0.2, 0) is 13.2 Å². The number of hydrogen-bond acceptors (Lipinski definition) is 3. The van der Waals surface area contributed by atoms with Crippen LogP contribution in [0.25, 0.3) is 0 Å². The molecule has 0 aromatic heterocycles. The monoisotopic (exact) mass is 356 g/mol. The maximum atomic E-state index is 9.23. The molecule has 0 spiro atoms. The minimum absolute atomic E-state index is 0.0677. The second kappa shape index (κ2) is 6.97. The summed E-state index contributed by atoms with van der Waals surface area (Å²) in [4.78, 5) is 0. The summed E-state index contributed by atoms with van der Waals surface area (Å²) in [6, 6.07) is 11.0. The largest absolute Gasteiger partial charge is 0.493 e. The first-order valence-electron chi connectivity index (χ1n) is 5.99. The smallest absolute Gasteiger partial charge is 0.162 e. The number of methoxy groups -OCH3 is 1. The molecule has 20 heavy (non-hydrogen) atoms. The van der Waals surface area contributed by atoms with Gasteiger partial charge in [0.05, 0.1) is 13.7 Å². The van der Waals surface area contributed by atoms with Crippen LogP contribution in [0.1, 0.15) is 11.1 Å². The second-order valence-corrected chi connectivity index (χ2v) is 5.39. The predicted molar refractivity (Wildman–Crippen MR) is 82.4 cm³/mol. The van der Waals surface area contributed by atoms with Crippen molar-refractivity contribution in [3.63, 3.8) is 0 Å². The SMILES string of the molecule is COc1cc(CO)c(Br)cc1OCc1ccccc1Cl. The van der Waals surface area contributed by atoms with Gasteiger partial charge in [-0.2, -0.15) is 0 Å². The molecule has 1 N–H and O–H groups in total. The molecule has 0 fully saturated rings. The number of ether oxygens (including phenoxy) is 2. The predicted octanol–water partition coefficient (Wildman–Crippen LogP) is 4.18. The average molecular weight is 358 g/mol. The normalized spacial score (nSPS) is 10.4. The van der Waals surface area contributed by atoms with E-state index in [1.165, 1.54) is 0 Å². The Bertz CT molecular complexity index is 602. The number of halogens is 2. The zero-order valence-electron chi connectivity index (χ0n) is 10.9. The number of rotatable bonds is 5. The number of aliphatic hydroxyl groups excluding tert-OH is 1. The van der Waals surface area contributed by atoms with Crippen molar-refractivity contribution >= 4 is 27.5 Å². The van der Waals surface area contributed by atoms with Crippen LogP contribution in [0.15, 0.2) is 40.9 Å². The van der Waals surface area contributed by atoms with Gasteiger partial charge in [-0.05, 0) is 23.8 Å². The van der Waals surface area contributed by atoms with Crippen LogP contribution in [0.3, 0.4) is 0 Å². The summed E-state index contributed by atoms with van der Waals surface area (Å²) in [5.41, 5.74) is 1.64. The zero-order valence-corrected chi connectivity index (χ0v) is 13.2. The minimum atomic E-state index is -0.0677. The van der Waals surface area contributed by atoms with Crippen molar-refractivity contribution in [1.29, 1.82) is 0 Å². The van der Waals surface area contributed by atoms with Gasteiger partial charge in [0, 0.05) is 15.1 Å². The third-order valence-electron chi connectivity index (χ3n) is 2.84. The van der Waals surface area contributed by atoms with Gasteiger partial charge < -0.3 is 14.6 Å². The van der Waals surface area contributed by atoms with Crippen molar-refractivity contribution in [1.82, 2.24) is 0 Å². The Hall–Kier alpha value is -1.23. The van der Waals surface area contributed by atoms with Crippen molar-refractivity contribution in [2.24, 2.45) is 0 Å². The molecule has 3 nitrogen and oxygen atoms in total. The van der Waals surface area contributed by atoms with Gasteiger partial charge in [0.1, 0.15) is 6.61 Å². The Balaban J connectivity index is 2.21. The van der Waals surface area contributed by atoms with Crippen LogP contribution >= 0.6 is 27.5 Å². The second-order valence-electron chi connectivity index (χ2n) is 4.13. The lowest BCUT2D eigenvalue weighted by molar-refractivity contribution is 0.273. The van der Waals surface area contributed by atoms with Gasteiger partial charge in [0.15, 0.2) is 11.5 Å². The van der Waals surface area contributed by atoms with Crippen LogP contribution < -0.4 is 9.47 Å². The molecule has 106 valence electrons. The molecule has 0 bridgehead atoms. The van der Waals surface area contributed by atoms with Gasteiger partial charge in [-0.1, -0.05) is 45.7 Å². The first-order chi connectivity index (χ1) is 9.65. The molecule has 0 saturated heterocycles. The van der Waals surface area contributed by atoms with Gasteiger partial charge >= 0.3 is 0 Å². The summed E-state index contributed by atoms with van der Waals surface area (Å²) in [6.45, 7) is 0.280. The van der Waals surface area contributed by atoms with Crippen LogP contribution in [0, 0.1) is 0 Å². The number of aliphatic hydroxyl groups is 1. The maximum absolute atomic E-state index is 9.23. The maximum Gasteiger partial charge on any atom is 0.162 e. The fraction of sp³-hybridized carbons (Fsp3) is 0.200. The molecule has 0 amide bonds. The summed E-state index contributed by atoms with van der Waals surface area (Å²) in [5, 5.41) is 9.89. The lowest BCUT2D eigenvalue weighted by Gasteiger charge is -2.13. The summed E-state index contributed by atoms with van der Waals surface area (Å²) < 4.78 is 11.8. The van der Waals surface area contributed by atoms with Crippen molar-refractivity contribution < 1.29 is 14.6 Å². The van der Waals surface area contributed by atoms with Gasteiger partial charge in [0.2, 0.25) is 0 Å². The summed E-state index contributed by atoms with van der Waals surface area (Å²) in [5.74, 6) is 1.17. The molecule has 0 aliphatic heterocycles. The highest BCUT2D eigenvalue weighted by Crippen LogP contribution is 2.34. The third kappa shape index (κ3) is 3.45. The standard InChI is InChI=1S/C15H14BrClO3/c1-19-14-6-11(8-18)12(16)7-15(14)20-9-10-4-2-3-5-13(10)17/h2-7,18H,8-9H2,1H3. The van der Waals surface area contributed by atoms with E-state index in [0.717, 1.165) is 15.6 Å². The van der Waals surface area contributed by atoms with E-state index in [1.807, 2.05) is 24.3 Å². The number of hydrogen-bond donors (Lipinski definition) is 1. The molecular formula is C15H14BrClO3. The molecule has 0 aliphatic carbocycles. The molecule has 0 atom stereocenters. The van der Waals surface area contributed by atoms with Gasteiger partial charge in [-0.15, -0.1) is 0 Å². The van der Waals surface area contributed by atoms with E-state index in [0.29, 0.717) is 23.1 Å². The Morgan fingerprint density at radius 3 is 2.55 bits per heavy atom. The van der Waals surface area contributed by atoms with Gasteiger partial charge in [-0.25, -0.2) is 0 Å². The van der Waals surface area contributed by atoms with E-state index in [4.69, 9.17) is 21.1 Å². The zero-order chi connectivity index (χ0) is 14.5. The lowest BCUT2D eigenvalue weighted by atomic mass is 10.2. The van der Waals surface area contributed by atoms with E-state index < -0.39 is 0 Å². The number of benzene rings is 2. The van der Waals surface area contributed by atoms with E-state index in [2.05, 4.69) is 15.9 Å². The molecule has 0 heterocycles. The van der Waals surface area contributed by atoms with Crippen molar-refractivity contribution in [3.05, 3.63) is 57.0 Å². The lowest BCUT2D eigenvalue weighted by Crippen LogP contribution is -1.99. The molecule has 5 heteroatoms. The van der Waals surface area contributed by atoms with E-state index in [-0.39, 0.29) is 6.61 Å². The minimum Gasteiger partial charge on any atom is -0.493 e. The fourth-order valence-corrected chi connectivity index (χ4v) is 2.38. The molecule has 2 rings (SSSR count). The molecule has 0 aliphatic rings. The van der Waals surface area contributed by atoms with E-state index in [1.54, 1.807) is 19.2 Å². The summed E-state index contributed by atoms with van der Waals surface area (Å²) in [7, 11) is 1.56. The third-order valence-corrected chi connectivity index (χ3v) is 3.95. The van der Waals surface area contributed by atoms with E-state index in [9.17, 15) is 5.11 Å².